The minimum Gasteiger partial charge on any atom is -0.464 e. The molecule has 1 aromatic heterocycles. The Hall–Kier alpha value is -1.83. The number of carbonyl (C=O) groups excluding carboxylic acids is 1. The molecule has 0 fully saturated rings. The Labute approximate surface area is 146 Å². The number of hydrogen-bond donors (Lipinski definition) is 1. The second-order valence-corrected chi connectivity index (χ2v) is 7.57. The number of aryl methyl sites for hydroxylation is 1. The van der Waals surface area contributed by atoms with E-state index in [1.165, 1.54) is 17.0 Å². The lowest BCUT2D eigenvalue weighted by Crippen LogP contribution is -2.31. The number of benzene rings is 1. The highest BCUT2D eigenvalue weighted by Gasteiger charge is 2.16. The lowest BCUT2D eigenvalue weighted by molar-refractivity contribution is -0.130. The first-order valence-electron chi connectivity index (χ1n) is 7.32. The Morgan fingerprint density at radius 3 is 2.67 bits per heavy atom. The molecule has 0 radical (unpaired) electrons. The third kappa shape index (κ3) is 5.09. The van der Waals surface area contributed by atoms with Crippen LogP contribution in [0.25, 0.3) is 0 Å². The summed E-state index contributed by atoms with van der Waals surface area (Å²) in [5, 5.41) is 0.336. The number of hydrogen-bond acceptors (Lipinski definition) is 4. The van der Waals surface area contributed by atoms with E-state index in [9.17, 15) is 13.2 Å². The van der Waals surface area contributed by atoms with Gasteiger partial charge in [-0.05, 0) is 37.3 Å². The molecule has 0 bridgehead atoms. The molecule has 0 saturated heterocycles. The summed E-state index contributed by atoms with van der Waals surface area (Å²) < 4.78 is 32.1. The number of sulfonamides is 1. The molecule has 0 unspecified atom stereocenters. The molecular weight excluding hydrogens is 352 g/mol. The molecule has 0 aliphatic rings. The van der Waals surface area contributed by atoms with E-state index in [0.29, 0.717) is 17.3 Å². The van der Waals surface area contributed by atoms with E-state index in [-0.39, 0.29) is 23.8 Å². The van der Waals surface area contributed by atoms with Crippen molar-refractivity contribution < 1.29 is 17.6 Å². The zero-order valence-electron chi connectivity index (χ0n) is 13.5. The predicted octanol–water partition coefficient (Wildman–Crippen LogP) is 2.57. The zero-order chi connectivity index (χ0) is 17.7. The zero-order valence-corrected chi connectivity index (χ0v) is 15.0. The Morgan fingerprint density at radius 2 is 2.04 bits per heavy atom. The summed E-state index contributed by atoms with van der Waals surface area (Å²) in [7, 11) is -2.04. The van der Waals surface area contributed by atoms with E-state index in [2.05, 4.69) is 4.72 Å². The topological polar surface area (TPSA) is 79.6 Å². The van der Waals surface area contributed by atoms with Gasteiger partial charge in [0.25, 0.3) is 0 Å². The predicted molar refractivity (Wildman–Crippen MR) is 91.2 cm³/mol. The molecular formula is C16H19ClN2O4S. The van der Waals surface area contributed by atoms with Crippen LogP contribution in [0.3, 0.4) is 0 Å². The normalized spacial score (nSPS) is 11.5. The molecule has 1 heterocycles. The number of halogens is 1. The van der Waals surface area contributed by atoms with Crippen LogP contribution in [-0.4, -0.2) is 32.8 Å². The molecule has 0 saturated carbocycles. The van der Waals surface area contributed by atoms with Gasteiger partial charge in [0.1, 0.15) is 11.5 Å². The fraction of sp³-hybridized carbons (Fsp3) is 0.312. The summed E-state index contributed by atoms with van der Waals surface area (Å²) in [6, 6.07) is 9.59. The summed E-state index contributed by atoms with van der Waals surface area (Å²) in [6.07, 6.45) is 0.0516. The smallest absolute Gasteiger partial charge is 0.240 e. The van der Waals surface area contributed by atoms with Crippen LogP contribution in [0.2, 0.25) is 5.02 Å². The molecule has 0 aliphatic heterocycles. The molecule has 0 aliphatic carbocycles. The average molecular weight is 371 g/mol. The van der Waals surface area contributed by atoms with E-state index < -0.39 is 10.0 Å². The summed E-state index contributed by atoms with van der Waals surface area (Å²) >= 11 is 5.79. The first kappa shape index (κ1) is 18.5. The largest absolute Gasteiger partial charge is 0.464 e. The number of amides is 1. The highest BCUT2D eigenvalue weighted by atomic mass is 35.5. The van der Waals surface area contributed by atoms with Gasteiger partial charge < -0.3 is 9.32 Å². The van der Waals surface area contributed by atoms with Gasteiger partial charge in [-0.3, -0.25) is 4.79 Å². The van der Waals surface area contributed by atoms with Gasteiger partial charge in [0.2, 0.25) is 15.9 Å². The van der Waals surface area contributed by atoms with Crippen molar-refractivity contribution in [2.45, 2.75) is 24.8 Å². The third-order valence-corrected chi connectivity index (χ3v) is 5.05. The summed E-state index contributed by atoms with van der Waals surface area (Å²) in [4.78, 5) is 13.6. The first-order valence-corrected chi connectivity index (χ1v) is 9.18. The van der Waals surface area contributed by atoms with Gasteiger partial charge in [-0.2, -0.15) is 0 Å². The molecule has 6 nitrogen and oxygen atoms in total. The van der Waals surface area contributed by atoms with Crippen molar-refractivity contribution in [1.29, 1.82) is 0 Å². The number of furan rings is 1. The summed E-state index contributed by atoms with van der Waals surface area (Å²) in [5.74, 6) is 1.28. The molecule has 2 rings (SSSR count). The fourth-order valence-corrected chi connectivity index (χ4v) is 3.42. The standard InChI is InChI=1S/C16H19ClN2O4S/c1-12-6-7-14(23-12)11-19(2)16(20)8-9-18-24(21,22)15-5-3-4-13(17)10-15/h3-7,10,18H,8-9,11H2,1-2H3. The molecule has 1 N–H and O–H groups in total. The quantitative estimate of drug-likeness (QED) is 0.812. The van der Waals surface area contributed by atoms with Crippen LogP contribution < -0.4 is 4.72 Å². The number of rotatable bonds is 7. The fourth-order valence-electron chi connectivity index (χ4n) is 2.09. The SMILES string of the molecule is Cc1ccc(CN(C)C(=O)CCNS(=O)(=O)c2cccc(Cl)c2)o1. The van der Waals surface area contributed by atoms with Crippen LogP contribution in [0.1, 0.15) is 17.9 Å². The Bertz CT molecular complexity index is 817. The summed E-state index contributed by atoms with van der Waals surface area (Å²) in [5.41, 5.74) is 0. The van der Waals surface area contributed by atoms with E-state index in [0.717, 1.165) is 5.76 Å². The minimum absolute atomic E-state index is 0.00913. The monoisotopic (exact) mass is 370 g/mol. The third-order valence-electron chi connectivity index (χ3n) is 3.35. The molecule has 0 atom stereocenters. The van der Waals surface area contributed by atoms with Crippen LogP contribution in [0, 0.1) is 6.92 Å². The maximum Gasteiger partial charge on any atom is 0.240 e. The second-order valence-electron chi connectivity index (χ2n) is 5.37. The van der Waals surface area contributed by atoms with E-state index in [1.807, 2.05) is 13.0 Å². The van der Waals surface area contributed by atoms with Crippen LogP contribution in [0.5, 0.6) is 0 Å². The van der Waals surface area contributed by atoms with Gasteiger partial charge >= 0.3 is 0 Å². The average Bonchev–Trinajstić information content (AvgIpc) is 2.92. The van der Waals surface area contributed by atoms with Crippen molar-refractivity contribution in [2.24, 2.45) is 0 Å². The van der Waals surface area contributed by atoms with Crippen molar-refractivity contribution in [3.05, 3.63) is 52.9 Å². The van der Waals surface area contributed by atoms with Crippen LogP contribution >= 0.6 is 11.6 Å². The van der Waals surface area contributed by atoms with Gasteiger partial charge in [-0.25, -0.2) is 13.1 Å². The molecule has 8 heteroatoms. The molecule has 1 amide bonds. The lowest BCUT2D eigenvalue weighted by atomic mass is 10.3. The maximum atomic E-state index is 12.1. The highest BCUT2D eigenvalue weighted by Crippen LogP contribution is 2.15. The molecule has 130 valence electrons. The van der Waals surface area contributed by atoms with E-state index >= 15 is 0 Å². The summed E-state index contributed by atoms with van der Waals surface area (Å²) in [6.45, 7) is 2.18. The molecule has 2 aromatic rings. The van der Waals surface area contributed by atoms with Gasteiger partial charge in [-0.1, -0.05) is 17.7 Å². The van der Waals surface area contributed by atoms with Crippen molar-refractivity contribution in [3.63, 3.8) is 0 Å². The highest BCUT2D eigenvalue weighted by molar-refractivity contribution is 7.89. The van der Waals surface area contributed by atoms with Crippen molar-refractivity contribution in [1.82, 2.24) is 9.62 Å². The minimum atomic E-state index is -3.68. The lowest BCUT2D eigenvalue weighted by Gasteiger charge is -2.16. The molecule has 1 aromatic carbocycles. The van der Waals surface area contributed by atoms with Crippen LogP contribution in [-0.2, 0) is 21.4 Å². The first-order chi connectivity index (χ1) is 11.3. The van der Waals surface area contributed by atoms with Crippen LogP contribution in [0.4, 0.5) is 0 Å². The molecule has 0 spiro atoms. The van der Waals surface area contributed by atoms with Gasteiger partial charge in [0, 0.05) is 25.0 Å². The van der Waals surface area contributed by atoms with Gasteiger partial charge in [0.15, 0.2) is 0 Å². The van der Waals surface area contributed by atoms with Crippen molar-refractivity contribution in [2.75, 3.05) is 13.6 Å². The van der Waals surface area contributed by atoms with Crippen molar-refractivity contribution in [3.8, 4) is 0 Å². The van der Waals surface area contributed by atoms with Crippen LogP contribution in [0.15, 0.2) is 45.7 Å². The van der Waals surface area contributed by atoms with E-state index in [1.54, 1.807) is 25.2 Å². The van der Waals surface area contributed by atoms with E-state index in [4.69, 9.17) is 16.0 Å². The maximum absolute atomic E-state index is 12.1. The number of nitrogens with one attached hydrogen (secondary N) is 1. The Morgan fingerprint density at radius 1 is 1.29 bits per heavy atom. The Balaban J connectivity index is 1.85. The van der Waals surface area contributed by atoms with Gasteiger partial charge in [-0.15, -0.1) is 0 Å². The second kappa shape index (κ2) is 7.83. The number of carbonyl (C=O) groups is 1. The number of nitrogens with zero attached hydrogens (tertiary/aromatic N) is 1. The van der Waals surface area contributed by atoms with Gasteiger partial charge in [0.05, 0.1) is 11.4 Å². The van der Waals surface area contributed by atoms with Crippen molar-refractivity contribution >= 4 is 27.5 Å². The molecule has 24 heavy (non-hydrogen) atoms. The Kier molecular flexibility index (Phi) is 6.04.